The van der Waals surface area contributed by atoms with E-state index in [0.29, 0.717) is 27.4 Å². The van der Waals surface area contributed by atoms with Crippen molar-refractivity contribution in [3.8, 4) is 11.5 Å². The number of hydrogen-bond acceptors (Lipinski definition) is 6. The third-order valence-electron chi connectivity index (χ3n) is 5.01. The van der Waals surface area contributed by atoms with Gasteiger partial charge in [-0.25, -0.2) is 4.98 Å². The Hall–Kier alpha value is -3.62. The SMILES string of the molecule is Cn1c2ccccc2c2nnc(SCC(=O)Nc3ccc(Oc4ccc(Cl)cc4)cc3)nc21. The van der Waals surface area contributed by atoms with E-state index < -0.39 is 0 Å². The highest BCUT2D eigenvalue weighted by molar-refractivity contribution is 7.99. The van der Waals surface area contributed by atoms with Crippen molar-refractivity contribution in [3.63, 3.8) is 0 Å². The monoisotopic (exact) mass is 475 g/mol. The summed E-state index contributed by atoms with van der Waals surface area (Å²) in [5.41, 5.74) is 3.21. The van der Waals surface area contributed by atoms with Gasteiger partial charge in [0.25, 0.3) is 0 Å². The average Bonchev–Trinajstić information content (AvgIpc) is 3.12. The van der Waals surface area contributed by atoms with E-state index >= 15 is 0 Å². The molecule has 0 spiro atoms. The van der Waals surface area contributed by atoms with Crippen molar-refractivity contribution in [1.82, 2.24) is 19.7 Å². The number of para-hydroxylation sites is 1. The van der Waals surface area contributed by atoms with E-state index in [0.717, 1.165) is 22.1 Å². The molecular weight excluding hydrogens is 458 g/mol. The predicted molar refractivity (Wildman–Crippen MR) is 131 cm³/mol. The van der Waals surface area contributed by atoms with Crippen molar-refractivity contribution in [3.05, 3.63) is 77.8 Å². The molecule has 5 rings (SSSR count). The van der Waals surface area contributed by atoms with Crippen LogP contribution in [-0.4, -0.2) is 31.4 Å². The van der Waals surface area contributed by atoms with E-state index in [9.17, 15) is 4.79 Å². The number of aryl methyl sites for hydroxylation is 1. The molecule has 0 atom stereocenters. The third-order valence-corrected chi connectivity index (χ3v) is 6.10. The van der Waals surface area contributed by atoms with Gasteiger partial charge >= 0.3 is 0 Å². The summed E-state index contributed by atoms with van der Waals surface area (Å²) in [7, 11) is 1.95. The number of anilines is 1. The van der Waals surface area contributed by atoms with Crippen molar-refractivity contribution >= 4 is 57.0 Å². The van der Waals surface area contributed by atoms with E-state index in [2.05, 4.69) is 20.5 Å². The second kappa shape index (κ2) is 9.09. The number of halogens is 1. The zero-order valence-electron chi connectivity index (χ0n) is 17.5. The number of aromatic nitrogens is 4. The lowest BCUT2D eigenvalue weighted by molar-refractivity contribution is -0.113. The summed E-state index contributed by atoms with van der Waals surface area (Å²) in [6.45, 7) is 0. The molecule has 0 unspecified atom stereocenters. The summed E-state index contributed by atoms with van der Waals surface area (Å²) in [5.74, 6) is 1.35. The summed E-state index contributed by atoms with van der Waals surface area (Å²) in [6, 6.07) is 22.2. The number of nitrogens with zero attached hydrogens (tertiary/aromatic N) is 4. The standard InChI is InChI=1S/C24H18ClN5O2S/c1-30-20-5-3-2-4-19(20)22-23(30)27-24(29-28-22)33-14-21(31)26-16-8-12-18(13-9-16)32-17-10-6-15(25)7-11-17/h2-13H,14H2,1H3,(H,26,31). The number of carbonyl (C=O) groups is 1. The number of amides is 1. The lowest BCUT2D eigenvalue weighted by Gasteiger charge is -2.08. The van der Waals surface area contributed by atoms with Crippen LogP contribution in [0.4, 0.5) is 5.69 Å². The number of rotatable bonds is 6. The van der Waals surface area contributed by atoms with Crippen LogP contribution in [0.15, 0.2) is 78.0 Å². The number of benzene rings is 3. The maximum absolute atomic E-state index is 12.4. The van der Waals surface area contributed by atoms with Crippen LogP contribution in [0, 0.1) is 0 Å². The Labute approximate surface area is 198 Å². The van der Waals surface area contributed by atoms with E-state index in [4.69, 9.17) is 16.3 Å². The predicted octanol–water partition coefficient (Wildman–Crippen LogP) is 5.69. The first kappa shape index (κ1) is 21.2. The molecule has 1 amide bonds. The molecular formula is C24H18ClN5O2S. The lowest BCUT2D eigenvalue weighted by Crippen LogP contribution is -2.14. The smallest absolute Gasteiger partial charge is 0.234 e. The Balaban J connectivity index is 1.20. The molecule has 7 nitrogen and oxygen atoms in total. The molecule has 9 heteroatoms. The molecule has 0 aliphatic carbocycles. The van der Waals surface area contributed by atoms with Crippen molar-refractivity contribution in [2.75, 3.05) is 11.1 Å². The second-order valence-corrected chi connectivity index (χ2v) is 8.64. The van der Waals surface area contributed by atoms with Crippen LogP contribution in [0.1, 0.15) is 0 Å². The Morgan fingerprint density at radius 2 is 1.70 bits per heavy atom. The van der Waals surface area contributed by atoms with E-state index in [1.54, 1.807) is 48.5 Å². The summed E-state index contributed by atoms with van der Waals surface area (Å²) < 4.78 is 7.75. The van der Waals surface area contributed by atoms with Gasteiger partial charge in [0.05, 0.1) is 11.3 Å². The van der Waals surface area contributed by atoms with Gasteiger partial charge < -0.3 is 14.6 Å². The zero-order valence-corrected chi connectivity index (χ0v) is 19.1. The normalized spacial score (nSPS) is 11.1. The number of thioether (sulfide) groups is 1. The molecule has 2 aromatic heterocycles. The van der Waals surface area contributed by atoms with Gasteiger partial charge in [0.2, 0.25) is 11.1 Å². The van der Waals surface area contributed by atoms with Gasteiger partial charge in [0.15, 0.2) is 5.65 Å². The Morgan fingerprint density at radius 3 is 2.45 bits per heavy atom. The van der Waals surface area contributed by atoms with Crippen molar-refractivity contribution < 1.29 is 9.53 Å². The molecule has 0 bridgehead atoms. The zero-order chi connectivity index (χ0) is 22.8. The molecule has 0 saturated heterocycles. The lowest BCUT2D eigenvalue weighted by atomic mass is 10.2. The van der Waals surface area contributed by atoms with Crippen LogP contribution in [-0.2, 0) is 11.8 Å². The highest BCUT2D eigenvalue weighted by Gasteiger charge is 2.13. The van der Waals surface area contributed by atoms with Gasteiger partial charge in [0.1, 0.15) is 17.0 Å². The second-order valence-electron chi connectivity index (χ2n) is 7.26. The third kappa shape index (κ3) is 4.62. The Bertz CT molecular complexity index is 1450. The number of carbonyl (C=O) groups excluding carboxylic acids is 1. The van der Waals surface area contributed by atoms with Crippen LogP contribution in [0.5, 0.6) is 11.5 Å². The Kier molecular flexibility index (Phi) is 5.85. The first-order valence-electron chi connectivity index (χ1n) is 10.1. The fourth-order valence-electron chi connectivity index (χ4n) is 3.43. The van der Waals surface area contributed by atoms with E-state index in [1.807, 2.05) is 35.9 Å². The quantitative estimate of drug-likeness (QED) is 0.317. The van der Waals surface area contributed by atoms with Crippen molar-refractivity contribution in [2.45, 2.75) is 5.16 Å². The minimum absolute atomic E-state index is 0.160. The molecule has 5 aromatic rings. The van der Waals surface area contributed by atoms with E-state index in [1.165, 1.54) is 11.8 Å². The molecule has 2 heterocycles. The fourth-order valence-corrected chi connectivity index (χ4v) is 4.13. The molecule has 0 fully saturated rings. The molecule has 33 heavy (non-hydrogen) atoms. The van der Waals surface area contributed by atoms with Gasteiger partial charge in [-0.1, -0.05) is 41.6 Å². The minimum Gasteiger partial charge on any atom is -0.457 e. The van der Waals surface area contributed by atoms with Crippen molar-refractivity contribution in [2.24, 2.45) is 7.05 Å². The Morgan fingerprint density at radius 1 is 1.00 bits per heavy atom. The van der Waals surface area contributed by atoms with Crippen LogP contribution in [0.2, 0.25) is 5.02 Å². The van der Waals surface area contributed by atoms with Gasteiger partial charge in [-0.2, -0.15) is 0 Å². The number of hydrogen-bond donors (Lipinski definition) is 1. The van der Waals surface area contributed by atoms with Gasteiger partial charge in [-0.15, -0.1) is 10.2 Å². The summed E-state index contributed by atoms with van der Waals surface area (Å²) in [6.07, 6.45) is 0. The molecule has 0 radical (unpaired) electrons. The van der Waals surface area contributed by atoms with Gasteiger partial charge in [-0.05, 0) is 54.6 Å². The number of nitrogens with one attached hydrogen (secondary N) is 1. The minimum atomic E-state index is -0.160. The maximum atomic E-state index is 12.4. The summed E-state index contributed by atoms with van der Waals surface area (Å²) in [5, 5.41) is 13.5. The highest BCUT2D eigenvalue weighted by atomic mass is 35.5. The van der Waals surface area contributed by atoms with E-state index in [-0.39, 0.29) is 11.7 Å². The fraction of sp³-hybridized carbons (Fsp3) is 0.0833. The molecule has 3 aromatic carbocycles. The summed E-state index contributed by atoms with van der Waals surface area (Å²) >= 11 is 7.13. The molecule has 1 N–H and O–H groups in total. The van der Waals surface area contributed by atoms with Crippen LogP contribution >= 0.6 is 23.4 Å². The number of fused-ring (bicyclic) bond motifs is 3. The van der Waals surface area contributed by atoms with Crippen molar-refractivity contribution in [1.29, 1.82) is 0 Å². The first-order valence-corrected chi connectivity index (χ1v) is 11.5. The summed E-state index contributed by atoms with van der Waals surface area (Å²) in [4.78, 5) is 17.0. The average molecular weight is 476 g/mol. The molecule has 0 aliphatic rings. The molecule has 0 aliphatic heterocycles. The number of ether oxygens (including phenoxy) is 1. The first-order chi connectivity index (χ1) is 16.1. The topological polar surface area (TPSA) is 81.9 Å². The molecule has 164 valence electrons. The van der Waals surface area contributed by atoms with Gasteiger partial charge in [-0.3, -0.25) is 4.79 Å². The molecule has 0 saturated carbocycles. The van der Waals surface area contributed by atoms with Crippen LogP contribution < -0.4 is 10.1 Å². The highest BCUT2D eigenvalue weighted by Crippen LogP contribution is 2.27. The van der Waals surface area contributed by atoms with Crippen LogP contribution in [0.25, 0.3) is 22.1 Å². The van der Waals surface area contributed by atoms with Crippen LogP contribution in [0.3, 0.4) is 0 Å². The largest absolute Gasteiger partial charge is 0.457 e. The van der Waals surface area contributed by atoms with Gasteiger partial charge in [0, 0.05) is 23.1 Å². The maximum Gasteiger partial charge on any atom is 0.234 e.